The van der Waals surface area contributed by atoms with Crippen LogP contribution in [-0.2, 0) is 6.61 Å². The molecule has 2 heterocycles. The number of benzene rings is 1. The highest BCUT2D eigenvalue weighted by atomic mass is 19.1. The van der Waals surface area contributed by atoms with Crippen molar-refractivity contribution in [2.75, 3.05) is 12.1 Å². The Morgan fingerprint density at radius 1 is 1.27 bits per heavy atom. The Morgan fingerprint density at radius 3 is 3.00 bits per heavy atom. The number of rotatable bonds is 5. The van der Waals surface area contributed by atoms with Crippen LogP contribution in [0.2, 0.25) is 0 Å². The van der Waals surface area contributed by atoms with Crippen molar-refractivity contribution < 1.29 is 18.6 Å². The van der Waals surface area contributed by atoms with E-state index in [1.165, 1.54) is 0 Å². The number of nitrogens with one attached hydrogen (secondary N) is 1. The molecular formula is C15H14FN3O3. The average molecular weight is 303 g/mol. The van der Waals surface area contributed by atoms with Crippen molar-refractivity contribution in [2.24, 2.45) is 0 Å². The first-order chi connectivity index (χ1) is 10.8. The van der Waals surface area contributed by atoms with Crippen LogP contribution in [0.15, 0.2) is 24.4 Å². The SMILES string of the molecule is Fc1cnc(OCc2ccc3c(c2)OCO3)nc1NC1CC1. The Hall–Kier alpha value is -2.57. The van der Waals surface area contributed by atoms with Gasteiger partial charge in [0.25, 0.3) is 0 Å². The van der Waals surface area contributed by atoms with Crippen molar-refractivity contribution >= 4 is 5.82 Å². The van der Waals surface area contributed by atoms with Gasteiger partial charge in [-0.2, -0.15) is 4.98 Å². The lowest BCUT2D eigenvalue weighted by molar-refractivity contribution is 0.174. The molecule has 6 nitrogen and oxygen atoms in total. The quantitative estimate of drug-likeness (QED) is 0.915. The van der Waals surface area contributed by atoms with Gasteiger partial charge in [-0.25, -0.2) is 9.37 Å². The molecule has 1 N–H and O–H groups in total. The summed E-state index contributed by atoms with van der Waals surface area (Å²) in [5.74, 6) is 1.13. The molecule has 4 rings (SSSR count). The van der Waals surface area contributed by atoms with Crippen LogP contribution >= 0.6 is 0 Å². The molecule has 1 fully saturated rings. The van der Waals surface area contributed by atoms with Gasteiger partial charge < -0.3 is 19.5 Å². The minimum Gasteiger partial charge on any atom is -0.459 e. The molecule has 1 saturated carbocycles. The van der Waals surface area contributed by atoms with Crippen LogP contribution in [0.5, 0.6) is 17.5 Å². The van der Waals surface area contributed by atoms with Crippen molar-refractivity contribution in [3.63, 3.8) is 0 Å². The van der Waals surface area contributed by atoms with Crippen LogP contribution < -0.4 is 19.5 Å². The van der Waals surface area contributed by atoms with Gasteiger partial charge in [-0.15, -0.1) is 0 Å². The third kappa shape index (κ3) is 2.74. The van der Waals surface area contributed by atoms with E-state index in [1.807, 2.05) is 18.2 Å². The molecule has 0 radical (unpaired) electrons. The number of fused-ring (bicyclic) bond motifs is 1. The first kappa shape index (κ1) is 13.1. The minimum atomic E-state index is -0.470. The molecule has 0 spiro atoms. The Kier molecular flexibility index (Phi) is 3.17. The van der Waals surface area contributed by atoms with E-state index in [9.17, 15) is 4.39 Å². The standard InChI is InChI=1S/C15H14FN3O3/c16-11-6-17-15(19-14(11)18-10-2-3-10)20-7-9-1-4-12-13(5-9)22-8-21-12/h1,4-6,10H,2-3,7-8H2,(H,17,18,19). The predicted octanol–water partition coefficient (Wildman–Crippen LogP) is 2.50. The van der Waals surface area contributed by atoms with E-state index in [-0.39, 0.29) is 25.2 Å². The minimum absolute atomic E-state index is 0.141. The Balaban J connectivity index is 1.44. The summed E-state index contributed by atoms with van der Waals surface area (Å²) in [6.45, 7) is 0.502. The van der Waals surface area contributed by atoms with Gasteiger partial charge in [0.1, 0.15) is 6.61 Å². The maximum atomic E-state index is 13.6. The lowest BCUT2D eigenvalue weighted by Crippen LogP contribution is -2.08. The second-order valence-corrected chi connectivity index (χ2v) is 5.24. The number of ether oxygens (including phenoxy) is 3. The number of hydrogen-bond acceptors (Lipinski definition) is 6. The maximum Gasteiger partial charge on any atom is 0.318 e. The summed E-state index contributed by atoms with van der Waals surface area (Å²) < 4.78 is 29.7. The molecule has 1 aliphatic heterocycles. The Morgan fingerprint density at radius 2 is 2.14 bits per heavy atom. The topological polar surface area (TPSA) is 65.5 Å². The maximum absolute atomic E-state index is 13.6. The van der Waals surface area contributed by atoms with Crippen LogP contribution in [0.1, 0.15) is 18.4 Å². The lowest BCUT2D eigenvalue weighted by atomic mass is 10.2. The zero-order valence-electron chi connectivity index (χ0n) is 11.7. The van der Waals surface area contributed by atoms with Gasteiger partial charge in [0.15, 0.2) is 23.1 Å². The van der Waals surface area contributed by atoms with Crippen LogP contribution in [0.25, 0.3) is 0 Å². The zero-order chi connectivity index (χ0) is 14.9. The largest absolute Gasteiger partial charge is 0.459 e. The predicted molar refractivity (Wildman–Crippen MR) is 75.5 cm³/mol. The summed E-state index contributed by atoms with van der Waals surface area (Å²) in [4.78, 5) is 7.91. The molecule has 7 heteroatoms. The van der Waals surface area contributed by atoms with Crippen molar-refractivity contribution in [1.82, 2.24) is 9.97 Å². The van der Waals surface area contributed by atoms with Gasteiger partial charge in [0.2, 0.25) is 6.79 Å². The fourth-order valence-corrected chi connectivity index (χ4v) is 2.12. The second-order valence-electron chi connectivity index (χ2n) is 5.24. The number of halogens is 1. The number of anilines is 1. The summed E-state index contributed by atoms with van der Waals surface area (Å²) in [6, 6.07) is 6.00. The zero-order valence-corrected chi connectivity index (χ0v) is 11.7. The molecule has 0 bridgehead atoms. The van der Waals surface area contributed by atoms with Crippen molar-refractivity contribution in [3.05, 3.63) is 35.8 Å². The molecule has 1 aromatic carbocycles. The molecule has 0 unspecified atom stereocenters. The molecule has 2 aliphatic rings. The lowest BCUT2D eigenvalue weighted by Gasteiger charge is -2.08. The molecule has 0 atom stereocenters. The fourth-order valence-electron chi connectivity index (χ4n) is 2.12. The van der Waals surface area contributed by atoms with Crippen LogP contribution in [0.4, 0.5) is 10.2 Å². The normalized spacial score (nSPS) is 15.7. The Labute approximate surface area is 126 Å². The summed E-state index contributed by atoms with van der Waals surface area (Å²) in [5.41, 5.74) is 0.897. The van der Waals surface area contributed by atoms with E-state index in [4.69, 9.17) is 14.2 Å². The summed E-state index contributed by atoms with van der Waals surface area (Å²) in [5, 5.41) is 3.01. The first-order valence-electron chi connectivity index (χ1n) is 7.08. The Bertz CT molecular complexity index is 706. The molecule has 2 aromatic rings. The van der Waals surface area contributed by atoms with E-state index in [0.29, 0.717) is 11.8 Å². The summed E-state index contributed by atoms with van der Waals surface area (Å²) in [6.07, 6.45) is 3.19. The molecular weight excluding hydrogens is 289 g/mol. The average Bonchev–Trinajstić information content (AvgIpc) is 3.22. The highest BCUT2D eigenvalue weighted by Gasteiger charge is 2.23. The van der Waals surface area contributed by atoms with E-state index >= 15 is 0 Å². The highest BCUT2D eigenvalue weighted by Crippen LogP contribution is 2.32. The third-order valence-electron chi connectivity index (χ3n) is 3.45. The molecule has 0 amide bonds. The summed E-state index contributed by atoms with van der Waals surface area (Å²) >= 11 is 0. The second kappa shape index (κ2) is 5.32. The van der Waals surface area contributed by atoms with E-state index in [2.05, 4.69) is 15.3 Å². The molecule has 22 heavy (non-hydrogen) atoms. The van der Waals surface area contributed by atoms with Crippen molar-refractivity contribution in [1.29, 1.82) is 0 Å². The van der Waals surface area contributed by atoms with Crippen molar-refractivity contribution in [2.45, 2.75) is 25.5 Å². The van der Waals surface area contributed by atoms with Gasteiger partial charge in [0.05, 0.1) is 6.20 Å². The van der Waals surface area contributed by atoms with Gasteiger partial charge >= 0.3 is 6.01 Å². The van der Waals surface area contributed by atoms with Gasteiger partial charge in [-0.3, -0.25) is 0 Å². The number of nitrogens with zero attached hydrogens (tertiary/aromatic N) is 2. The van der Waals surface area contributed by atoms with Crippen molar-refractivity contribution in [3.8, 4) is 17.5 Å². The van der Waals surface area contributed by atoms with Gasteiger partial charge in [-0.1, -0.05) is 6.07 Å². The summed E-state index contributed by atoms with van der Waals surface area (Å²) in [7, 11) is 0. The number of hydrogen-bond donors (Lipinski definition) is 1. The van der Waals surface area contributed by atoms with Crippen LogP contribution in [0, 0.1) is 5.82 Å². The van der Waals surface area contributed by atoms with Crippen LogP contribution in [-0.4, -0.2) is 22.8 Å². The highest BCUT2D eigenvalue weighted by molar-refractivity contribution is 5.44. The van der Waals surface area contributed by atoms with Gasteiger partial charge in [0, 0.05) is 6.04 Å². The third-order valence-corrected chi connectivity index (χ3v) is 3.45. The fraction of sp³-hybridized carbons (Fsp3) is 0.333. The van der Waals surface area contributed by atoms with E-state index < -0.39 is 5.82 Å². The van der Waals surface area contributed by atoms with E-state index in [0.717, 1.165) is 30.4 Å². The molecule has 1 aliphatic carbocycles. The van der Waals surface area contributed by atoms with Crippen LogP contribution in [0.3, 0.4) is 0 Å². The molecule has 1 aromatic heterocycles. The first-order valence-corrected chi connectivity index (χ1v) is 7.08. The van der Waals surface area contributed by atoms with E-state index in [1.54, 1.807) is 0 Å². The number of aromatic nitrogens is 2. The molecule has 114 valence electrons. The smallest absolute Gasteiger partial charge is 0.318 e. The molecule has 0 saturated heterocycles. The van der Waals surface area contributed by atoms with Gasteiger partial charge in [-0.05, 0) is 30.5 Å². The monoisotopic (exact) mass is 303 g/mol.